The molecule has 0 radical (unpaired) electrons. The van der Waals surface area contributed by atoms with Crippen LogP contribution in [0.15, 0.2) is 84.4 Å². The van der Waals surface area contributed by atoms with Gasteiger partial charge in [-0.15, -0.1) is 0 Å². The molecule has 3 aromatic carbocycles. The van der Waals surface area contributed by atoms with E-state index in [-0.39, 0.29) is 5.78 Å². The largest absolute Gasteiger partial charge is 0.397 e. The third-order valence-corrected chi connectivity index (χ3v) is 8.63. The molecule has 3 rings (SSSR count). The minimum absolute atomic E-state index is 0.0547. The first-order chi connectivity index (χ1) is 14.7. The van der Waals surface area contributed by atoms with Crippen LogP contribution in [-0.2, 0) is 4.43 Å². The van der Waals surface area contributed by atoms with Crippen LogP contribution in [0.2, 0.25) is 13.1 Å². The smallest absolute Gasteiger partial charge is 0.220 e. The van der Waals surface area contributed by atoms with Crippen LogP contribution < -0.4 is 5.19 Å². The van der Waals surface area contributed by atoms with Gasteiger partial charge < -0.3 is 4.43 Å². The van der Waals surface area contributed by atoms with Crippen molar-refractivity contribution in [2.45, 2.75) is 52.8 Å². The van der Waals surface area contributed by atoms with Crippen LogP contribution in [0.4, 0.5) is 0 Å². The van der Waals surface area contributed by atoms with Gasteiger partial charge in [0.1, 0.15) is 5.60 Å². The van der Waals surface area contributed by atoms with E-state index in [0.717, 1.165) is 16.3 Å². The summed E-state index contributed by atoms with van der Waals surface area (Å²) >= 11 is 0. The minimum Gasteiger partial charge on any atom is -0.397 e. The molecule has 0 aliphatic heterocycles. The SMILES string of the molecule is C/C=C(\C)[C@](CC(C)C)(O[Si](C)(C)c1ccccc1)C(=O)c1ccc2ccccc2c1. The Hall–Kier alpha value is -2.49. The summed E-state index contributed by atoms with van der Waals surface area (Å²) in [7, 11) is -2.37. The van der Waals surface area contributed by atoms with E-state index in [1.165, 1.54) is 5.19 Å². The van der Waals surface area contributed by atoms with Crippen LogP contribution in [0.1, 0.15) is 44.5 Å². The summed E-state index contributed by atoms with van der Waals surface area (Å²) in [5, 5.41) is 3.40. The monoisotopic (exact) mass is 430 g/mol. The molecule has 3 aromatic rings. The Balaban J connectivity index is 2.15. The van der Waals surface area contributed by atoms with Gasteiger partial charge in [-0.3, -0.25) is 4.79 Å². The first-order valence-corrected chi connectivity index (χ1v) is 14.0. The van der Waals surface area contributed by atoms with Crippen molar-refractivity contribution in [1.82, 2.24) is 0 Å². The summed E-state index contributed by atoms with van der Waals surface area (Å²) in [6.07, 6.45) is 2.69. The number of fused-ring (bicyclic) bond motifs is 1. The lowest BCUT2D eigenvalue weighted by Gasteiger charge is -2.41. The number of carbonyl (C=O) groups is 1. The second-order valence-corrected chi connectivity index (χ2v) is 13.1. The van der Waals surface area contributed by atoms with Gasteiger partial charge in [-0.05, 0) is 66.9 Å². The molecule has 0 aliphatic carbocycles. The number of hydrogen-bond acceptors (Lipinski definition) is 2. The second kappa shape index (κ2) is 9.33. The Kier molecular flexibility index (Phi) is 6.98. The van der Waals surface area contributed by atoms with Crippen LogP contribution in [0.25, 0.3) is 10.8 Å². The maximum atomic E-state index is 14.2. The van der Waals surface area contributed by atoms with Crippen molar-refractivity contribution in [3.8, 4) is 0 Å². The fraction of sp³-hybridized carbons (Fsp3) is 0.321. The zero-order valence-corrected chi connectivity index (χ0v) is 20.6. The Bertz CT molecular complexity index is 1080. The van der Waals surface area contributed by atoms with Gasteiger partial charge in [0.25, 0.3) is 0 Å². The van der Waals surface area contributed by atoms with Crippen molar-refractivity contribution in [1.29, 1.82) is 0 Å². The predicted octanol–water partition coefficient (Wildman–Crippen LogP) is 6.90. The van der Waals surface area contributed by atoms with E-state index in [4.69, 9.17) is 4.43 Å². The van der Waals surface area contributed by atoms with Gasteiger partial charge >= 0.3 is 0 Å². The van der Waals surface area contributed by atoms with Crippen molar-refractivity contribution >= 4 is 30.1 Å². The predicted molar refractivity (Wildman–Crippen MR) is 135 cm³/mol. The van der Waals surface area contributed by atoms with E-state index in [1.807, 2.05) is 68.5 Å². The molecule has 0 fully saturated rings. The molecule has 0 amide bonds. The summed E-state index contributed by atoms with van der Waals surface area (Å²) < 4.78 is 7.02. The van der Waals surface area contributed by atoms with Crippen molar-refractivity contribution in [2.75, 3.05) is 0 Å². The zero-order chi connectivity index (χ0) is 22.6. The van der Waals surface area contributed by atoms with Crippen molar-refractivity contribution in [3.05, 3.63) is 90.0 Å². The number of carbonyl (C=O) groups excluding carboxylic acids is 1. The highest BCUT2D eigenvalue weighted by Gasteiger charge is 2.46. The number of ketones is 1. The van der Waals surface area contributed by atoms with Crippen molar-refractivity contribution < 1.29 is 9.22 Å². The topological polar surface area (TPSA) is 26.3 Å². The lowest BCUT2D eigenvalue weighted by molar-refractivity contribution is 0.0482. The van der Waals surface area contributed by atoms with Crippen LogP contribution in [0.3, 0.4) is 0 Å². The van der Waals surface area contributed by atoms with E-state index < -0.39 is 13.9 Å². The number of hydrogen-bond donors (Lipinski definition) is 0. The first kappa shape index (κ1) is 23.2. The van der Waals surface area contributed by atoms with Crippen molar-refractivity contribution in [3.63, 3.8) is 0 Å². The van der Waals surface area contributed by atoms with Gasteiger partial charge in [0.2, 0.25) is 8.32 Å². The summed E-state index contributed by atoms with van der Waals surface area (Å²) in [6.45, 7) is 12.7. The van der Waals surface area contributed by atoms with E-state index in [2.05, 4.69) is 51.2 Å². The average Bonchev–Trinajstić information content (AvgIpc) is 2.77. The van der Waals surface area contributed by atoms with Gasteiger partial charge in [-0.25, -0.2) is 0 Å². The number of rotatable bonds is 8. The third-order valence-electron chi connectivity index (χ3n) is 6.04. The fourth-order valence-electron chi connectivity index (χ4n) is 4.31. The molecule has 0 saturated carbocycles. The van der Waals surface area contributed by atoms with Crippen LogP contribution >= 0.6 is 0 Å². The number of allylic oxidation sites excluding steroid dienone is 1. The number of Topliss-reactive ketones (excluding diaryl/α,β-unsaturated/α-hetero) is 1. The molecule has 3 heteroatoms. The highest BCUT2D eigenvalue weighted by atomic mass is 28.4. The van der Waals surface area contributed by atoms with Gasteiger partial charge in [0.05, 0.1) is 0 Å². The summed E-state index contributed by atoms with van der Waals surface area (Å²) in [5.41, 5.74) is 0.714. The molecule has 162 valence electrons. The van der Waals surface area contributed by atoms with Gasteiger partial charge in [0, 0.05) is 5.56 Å². The summed E-state index contributed by atoms with van der Waals surface area (Å²) in [6, 6.07) is 24.5. The average molecular weight is 431 g/mol. The second-order valence-electron chi connectivity index (χ2n) is 9.27. The Morgan fingerprint density at radius 2 is 1.58 bits per heavy atom. The quantitative estimate of drug-likeness (QED) is 0.221. The number of benzene rings is 3. The normalized spacial score (nSPS) is 14.6. The molecular weight excluding hydrogens is 396 g/mol. The van der Waals surface area contributed by atoms with Gasteiger partial charge in [-0.2, -0.15) is 0 Å². The first-order valence-electron chi connectivity index (χ1n) is 11.1. The highest BCUT2D eigenvalue weighted by Crippen LogP contribution is 2.36. The van der Waals surface area contributed by atoms with E-state index in [1.54, 1.807) is 0 Å². The molecule has 0 saturated heterocycles. The Morgan fingerprint density at radius 1 is 0.968 bits per heavy atom. The zero-order valence-electron chi connectivity index (χ0n) is 19.6. The molecule has 0 aliphatic rings. The summed E-state index contributed by atoms with van der Waals surface area (Å²) in [5.74, 6) is 0.360. The maximum Gasteiger partial charge on any atom is 0.220 e. The molecule has 0 unspecified atom stereocenters. The standard InChI is InChI=1S/C28H34O2Si/c1-7-22(4)28(20-21(2)3,30-31(5,6)26-15-9-8-10-16-26)27(29)25-18-17-23-13-11-12-14-24(23)19-25/h7-19,21H,20H2,1-6H3/b22-7+/t28-/m0/s1. The lowest BCUT2D eigenvalue weighted by Crippen LogP contribution is -2.56. The fourth-order valence-corrected chi connectivity index (χ4v) is 6.63. The molecule has 31 heavy (non-hydrogen) atoms. The third kappa shape index (κ3) is 4.89. The van der Waals surface area contributed by atoms with Crippen molar-refractivity contribution in [2.24, 2.45) is 5.92 Å². The molecule has 2 nitrogen and oxygen atoms in total. The minimum atomic E-state index is -2.37. The molecule has 0 spiro atoms. The highest BCUT2D eigenvalue weighted by molar-refractivity contribution is 6.84. The van der Waals surface area contributed by atoms with E-state index in [9.17, 15) is 4.79 Å². The van der Waals surface area contributed by atoms with Crippen LogP contribution in [0, 0.1) is 5.92 Å². The van der Waals surface area contributed by atoms with Gasteiger partial charge in [0.15, 0.2) is 5.78 Å². The van der Waals surface area contributed by atoms with E-state index in [0.29, 0.717) is 17.9 Å². The molecule has 0 bridgehead atoms. The molecular formula is C28H34O2Si. The molecule has 0 N–H and O–H groups in total. The lowest BCUT2D eigenvalue weighted by atomic mass is 9.79. The Morgan fingerprint density at radius 3 is 2.19 bits per heavy atom. The molecule has 0 aromatic heterocycles. The van der Waals surface area contributed by atoms with Crippen LogP contribution in [-0.4, -0.2) is 19.7 Å². The molecule has 0 heterocycles. The summed E-state index contributed by atoms with van der Waals surface area (Å²) in [4.78, 5) is 14.2. The maximum absolute atomic E-state index is 14.2. The molecule has 1 atom stereocenters. The van der Waals surface area contributed by atoms with E-state index >= 15 is 0 Å². The Labute approximate surface area is 188 Å². The van der Waals surface area contributed by atoms with Crippen LogP contribution in [0.5, 0.6) is 0 Å². The van der Waals surface area contributed by atoms with Gasteiger partial charge in [-0.1, -0.05) is 86.7 Å².